The SMILES string of the molecule is O=[N+]([O-])c1cccc(CN2CCN(C/C=C/c3ccccc3)CC2)c1. The zero-order chi connectivity index (χ0) is 17.5. The Balaban J connectivity index is 1.45. The van der Waals surface area contributed by atoms with E-state index in [0.717, 1.165) is 44.8 Å². The van der Waals surface area contributed by atoms with Crippen molar-refractivity contribution in [2.45, 2.75) is 6.54 Å². The topological polar surface area (TPSA) is 49.6 Å². The van der Waals surface area contributed by atoms with Crippen LogP contribution in [0.5, 0.6) is 0 Å². The summed E-state index contributed by atoms with van der Waals surface area (Å²) in [5.74, 6) is 0. The summed E-state index contributed by atoms with van der Waals surface area (Å²) in [7, 11) is 0. The molecule has 0 unspecified atom stereocenters. The zero-order valence-electron chi connectivity index (χ0n) is 14.3. The van der Waals surface area contributed by atoms with Crippen LogP contribution in [0.3, 0.4) is 0 Å². The highest BCUT2D eigenvalue weighted by Crippen LogP contribution is 2.15. The maximum absolute atomic E-state index is 10.9. The highest BCUT2D eigenvalue weighted by molar-refractivity contribution is 5.48. The van der Waals surface area contributed by atoms with Gasteiger partial charge in [0.2, 0.25) is 0 Å². The minimum absolute atomic E-state index is 0.169. The molecule has 1 saturated heterocycles. The van der Waals surface area contributed by atoms with E-state index in [4.69, 9.17) is 0 Å². The van der Waals surface area contributed by atoms with Crippen LogP contribution in [-0.4, -0.2) is 47.4 Å². The molecule has 0 N–H and O–H groups in total. The molecule has 25 heavy (non-hydrogen) atoms. The van der Waals surface area contributed by atoms with Crippen molar-refractivity contribution < 1.29 is 4.92 Å². The first kappa shape index (κ1) is 17.3. The largest absolute Gasteiger partial charge is 0.297 e. The fourth-order valence-corrected chi connectivity index (χ4v) is 3.06. The molecule has 0 aromatic heterocycles. The third kappa shape index (κ3) is 5.24. The predicted octanol–water partition coefficient (Wildman–Crippen LogP) is 3.43. The van der Waals surface area contributed by atoms with E-state index in [2.05, 4.69) is 34.1 Å². The second kappa shape index (κ2) is 8.55. The molecule has 0 bridgehead atoms. The van der Waals surface area contributed by atoms with Crippen LogP contribution in [0.4, 0.5) is 5.69 Å². The summed E-state index contributed by atoms with van der Waals surface area (Å²) in [5, 5.41) is 10.9. The zero-order valence-corrected chi connectivity index (χ0v) is 14.3. The molecule has 0 radical (unpaired) electrons. The van der Waals surface area contributed by atoms with Gasteiger partial charge >= 0.3 is 0 Å². The van der Waals surface area contributed by atoms with E-state index < -0.39 is 0 Å². The number of benzene rings is 2. The van der Waals surface area contributed by atoms with E-state index in [9.17, 15) is 10.1 Å². The van der Waals surface area contributed by atoms with Crippen LogP contribution in [0.15, 0.2) is 60.7 Å². The van der Waals surface area contributed by atoms with Crippen LogP contribution in [0.1, 0.15) is 11.1 Å². The summed E-state index contributed by atoms with van der Waals surface area (Å²) in [5.41, 5.74) is 2.40. The van der Waals surface area contributed by atoms with Crippen molar-refractivity contribution in [3.05, 3.63) is 81.9 Å². The Hall–Kier alpha value is -2.50. The maximum atomic E-state index is 10.9. The maximum Gasteiger partial charge on any atom is 0.269 e. The Kier molecular flexibility index (Phi) is 5.93. The molecule has 5 nitrogen and oxygen atoms in total. The van der Waals surface area contributed by atoms with Crippen molar-refractivity contribution >= 4 is 11.8 Å². The molecule has 2 aromatic rings. The first-order chi connectivity index (χ1) is 12.2. The van der Waals surface area contributed by atoms with Gasteiger partial charge in [0.1, 0.15) is 0 Å². The molecule has 1 heterocycles. The molecule has 1 aliphatic heterocycles. The minimum Gasteiger partial charge on any atom is -0.297 e. The van der Waals surface area contributed by atoms with Gasteiger partial charge in [0, 0.05) is 51.4 Å². The number of piperazine rings is 1. The Labute approximate surface area is 148 Å². The molecule has 5 heteroatoms. The fraction of sp³-hybridized carbons (Fsp3) is 0.300. The van der Waals surface area contributed by atoms with E-state index in [1.165, 1.54) is 5.56 Å². The van der Waals surface area contributed by atoms with E-state index in [-0.39, 0.29) is 10.6 Å². The molecule has 2 aromatic carbocycles. The van der Waals surface area contributed by atoms with E-state index in [1.54, 1.807) is 18.2 Å². The first-order valence-corrected chi connectivity index (χ1v) is 8.60. The third-order valence-electron chi connectivity index (χ3n) is 4.47. The van der Waals surface area contributed by atoms with Gasteiger partial charge in [0.25, 0.3) is 5.69 Å². The molecule has 0 atom stereocenters. The van der Waals surface area contributed by atoms with Gasteiger partial charge in [-0.2, -0.15) is 0 Å². The number of nitrogens with zero attached hydrogens (tertiary/aromatic N) is 3. The Morgan fingerprint density at radius 1 is 0.960 bits per heavy atom. The summed E-state index contributed by atoms with van der Waals surface area (Å²) < 4.78 is 0. The van der Waals surface area contributed by atoms with Crippen molar-refractivity contribution in [3.63, 3.8) is 0 Å². The van der Waals surface area contributed by atoms with E-state index in [1.807, 2.05) is 24.3 Å². The van der Waals surface area contributed by atoms with Crippen LogP contribution in [0.25, 0.3) is 6.08 Å². The van der Waals surface area contributed by atoms with Gasteiger partial charge in [-0.25, -0.2) is 0 Å². The average Bonchev–Trinajstić information content (AvgIpc) is 2.64. The van der Waals surface area contributed by atoms with Crippen LogP contribution < -0.4 is 0 Å². The molecular formula is C20H23N3O2. The van der Waals surface area contributed by atoms with Crippen molar-refractivity contribution in [2.24, 2.45) is 0 Å². The summed E-state index contributed by atoms with van der Waals surface area (Å²) in [4.78, 5) is 15.3. The molecule has 0 saturated carbocycles. The lowest BCUT2D eigenvalue weighted by atomic mass is 10.1. The lowest BCUT2D eigenvalue weighted by Gasteiger charge is -2.34. The van der Waals surface area contributed by atoms with E-state index >= 15 is 0 Å². The summed E-state index contributed by atoms with van der Waals surface area (Å²) >= 11 is 0. The molecule has 130 valence electrons. The quantitative estimate of drug-likeness (QED) is 0.599. The molecule has 0 aliphatic carbocycles. The van der Waals surface area contributed by atoms with Crippen molar-refractivity contribution in [3.8, 4) is 0 Å². The van der Waals surface area contributed by atoms with Gasteiger partial charge in [-0.1, -0.05) is 54.6 Å². The molecule has 0 amide bonds. The summed E-state index contributed by atoms with van der Waals surface area (Å²) in [6, 6.07) is 17.3. The van der Waals surface area contributed by atoms with Gasteiger partial charge in [-0.05, 0) is 11.1 Å². The normalized spacial score (nSPS) is 16.3. The summed E-state index contributed by atoms with van der Waals surface area (Å²) in [6.07, 6.45) is 4.38. The highest BCUT2D eigenvalue weighted by atomic mass is 16.6. The number of nitro benzene ring substituents is 1. The van der Waals surface area contributed by atoms with Gasteiger partial charge < -0.3 is 0 Å². The summed E-state index contributed by atoms with van der Waals surface area (Å²) in [6.45, 7) is 5.75. The smallest absolute Gasteiger partial charge is 0.269 e. The number of non-ortho nitro benzene ring substituents is 1. The van der Waals surface area contributed by atoms with Crippen LogP contribution >= 0.6 is 0 Å². The van der Waals surface area contributed by atoms with Crippen molar-refractivity contribution in [2.75, 3.05) is 32.7 Å². The van der Waals surface area contributed by atoms with E-state index in [0.29, 0.717) is 0 Å². The van der Waals surface area contributed by atoms with Gasteiger partial charge in [-0.15, -0.1) is 0 Å². The monoisotopic (exact) mass is 337 g/mol. The average molecular weight is 337 g/mol. The van der Waals surface area contributed by atoms with Crippen LogP contribution in [0.2, 0.25) is 0 Å². The molecular weight excluding hydrogens is 314 g/mol. The minimum atomic E-state index is -0.333. The van der Waals surface area contributed by atoms with Gasteiger partial charge in [-0.3, -0.25) is 19.9 Å². The number of rotatable bonds is 6. The van der Waals surface area contributed by atoms with Crippen LogP contribution in [-0.2, 0) is 6.54 Å². The number of hydrogen-bond acceptors (Lipinski definition) is 4. The van der Waals surface area contributed by atoms with Crippen LogP contribution in [0, 0.1) is 10.1 Å². The number of hydrogen-bond donors (Lipinski definition) is 0. The standard InChI is InChI=1S/C20H23N3O2/c24-23(25)20-10-4-8-19(16-20)17-22-14-12-21(13-15-22)11-5-9-18-6-2-1-3-7-18/h1-10,16H,11-15,17H2/b9-5+. The number of nitro groups is 1. The van der Waals surface area contributed by atoms with Crippen molar-refractivity contribution in [1.82, 2.24) is 9.80 Å². The lowest BCUT2D eigenvalue weighted by molar-refractivity contribution is -0.384. The predicted molar refractivity (Wildman–Crippen MR) is 100 cm³/mol. The second-order valence-corrected chi connectivity index (χ2v) is 6.32. The van der Waals surface area contributed by atoms with Gasteiger partial charge in [0.05, 0.1) is 4.92 Å². The fourth-order valence-electron chi connectivity index (χ4n) is 3.06. The molecule has 1 aliphatic rings. The Morgan fingerprint density at radius 2 is 1.68 bits per heavy atom. The Bertz CT molecular complexity index is 723. The molecule has 3 rings (SSSR count). The van der Waals surface area contributed by atoms with Gasteiger partial charge in [0.15, 0.2) is 0 Å². The third-order valence-corrected chi connectivity index (χ3v) is 4.47. The molecule has 0 spiro atoms. The van der Waals surface area contributed by atoms with Crippen molar-refractivity contribution in [1.29, 1.82) is 0 Å². The molecule has 1 fully saturated rings. The Morgan fingerprint density at radius 3 is 2.40 bits per heavy atom. The lowest BCUT2D eigenvalue weighted by Crippen LogP contribution is -2.45. The first-order valence-electron chi connectivity index (χ1n) is 8.60. The second-order valence-electron chi connectivity index (χ2n) is 6.32. The highest BCUT2D eigenvalue weighted by Gasteiger charge is 2.16.